The van der Waals surface area contributed by atoms with Gasteiger partial charge in [-0.2, -0.15) is 4.98 Å². The number of hydrazine groups is 1. The van der Waals surface area contributed by atoms with Gasteiger partial charge in [0.25, 0.3) is 0 Å². The van der Waals surface area contributed by atoms with Crippen LogP contribution in [-0.4, -0.2) is 16.6 Å². The topological polar surface area (TPSA) is 94.0 Å². The van der Waals surface area contributed by atoms with Crippen LogP contribution in [0.1, 0.15) is 24.7 Å². The number of hydrogen-bond acceptors (Lipinski definition) is 5. The van der Waals surface area contributed by atoms with Gasteiger partial charge in [-0.05, 0) is 25.0 Å². The van der Waals surface area contributed by atoms with Gasteiger partial charge >= 0.3 is 0 Å². The number of hydrogen-bond donors (Lipinski definition) is 2. The van der Waals surface area contributed by atoms with Crippen LogP contribution >= 0.6 is 11.6 Å². The number of benzene rings is 1. The summed E-state index contributed by atoms with van der Waals surface area (Å²) >= 11 is 5.89. The van der Waals surface area contributed by atoms with Crippen LogP contribution < -0.4 is 11.3 Å². The molecule has 3 N–H and O–H groups in total. The van der Waals surface area contributed by atoms with E-state index in [4.69, 9.17) is 20.9 Å². The summed E-state index contributed by atoms with van der Waals surface area (Å²) in [7, 11) is 0. The summed E-state index contributed by atoms with van der Waals surface area (Å²) in [4.78, 5) is 13.3. The summed E-state index contributed by atoms with van der Waals surface area (Å²) < 4.78 is 5.18. The summed E-state index contributed by atoms with van der Waals surface area (Å²) in [6, 6.07) is 7.47. The van der Waals surface area contributed by atoms with Crippen molar-refractivity contribution in [3.63, 3.8) is 0 Å². The van der Waals surface area contributed by atoms with Crippen LogP contribution in [-0.2, 0) is 4.79 Å². The molecule has 0 bridgehead atoms. The third-order valence-electron chi connectivity index (χ3n) is 2.52. The normalized spacial score (nSPS) is 13.4. The molecule has 7 heteroatoms. The van der Waals surface area contributed by atoms with Gasteiger partial charge in [0.1, 0.15) is 0 Å². The molecule has 1 fully saturated rings. The average Bonchev–Trinajstić information content (AvgIpc) is 3.17. The fourth-order valence-corrected chi connectivity index (χ4v) is 1.67. The fourth-order valence-electron chi connectivity index (χ4n) is 1.48. The van der Waals surface area contributed by atoms with E-state index in [0.29, 0.717) is 23.2 Å². The lowest BCUT2D eigenvalue weighted by molar-refractivity contribution is -0.109. The number of carbonyl (C=O) groups excluding carboxylic acids is 1. The zero-order chi connectivity index (χ0) is 13.7. The standard InChI is InChI=1S/C11H9ClN2O.CH4N2O/c12-9-3-1-2-8(6-9)10-13-11(15-14-10)7-4-5-7;2-3-1-4/h1-3,6-7H,4-5H2;1H,2H2,(H,3,4). The van der Waals surface area contributed by atoms with Gasteiger partial charge in [0.2, 0.25) is 18.1 Å². The smallest absolute Gasteiger partial charge is 0.230 e. The number of nitrogens with zero attached hydrogens (tertiary/aromatic N) is 2. The Kier molecular flexibility index (Phi) is 4.48. The maximum absolute atomic E-state index is 8.94. The number of aromatic nitrogens is 2. The number of carbonyl (C=O) groups is 1. The molecule has 1 saturated carbocycles. The zero-order valence-corrected chi connectivity index (χ0v) is 10.8. The molecule has 0 saturated heterocycles. The number of amides is 1. The first-order valence-corrected chi connectivity index (χ1v) is 6.11. The minimum absolute atomic E-state index is 0.403. The molecule has 100 valence electrons. The number of rotatable bonds is 3. The molecule has 0 aliphatic heterocycles. The molecule has 2 aromatic rings. The molecular weight excluding hydrogens is 268 g/mol. The van der Waals surface area contributed by atoms with Crippen LogP contribution in [0.4, 0.5) is 0 Å². The van der Waals surface area contributed by atoms with Gasteiger partial charge in [-0.1, -0.05) is 28.9 Å². The van der Waals surface area contributed by atoms with Crippen molar-refractivity contribution < 1.29 is 9.32 Å². The Bertz CT molecular complexity index is 554. The van der Waals surface area contributed by atoms with Gasteiger partial charge in [-0.3, -0.25) is 10.2 Å². The summed E-state index contributed by atoms with van der Waals surface area (Å²) in [6.07, 6.45) is 2.73. The van der Waals surface area contributed by atoms with Crippen LogP contribution in [0.2, 0.25) is 5.02 Å². The fraction of sp³-hybridized carbons (Fsp3) is 0.250. The van der Waals surface area contributed by atoms with Crippen molar-refractivity contribution in [1.29, 1.82) is 0 Å². The number of nitrogens with one attached hydrogen (secondary N) is 1. The molecule has 1 heterocycles. The third-order valence-corrected chi connectivity index (χ3v) is 2.75. The lowest BCUT2D eigenvalue weighted by atomic mass is 10.2. The molecule has 3 rings (SSSR count). The Morgan fingerprint density at radius 1 is 1.47 bits per heavy atom. The molecule has 0 unspecified atom stereocenters. The highest BCUT2D eigenvalue weighted by Gasteiger charge is 2.29. The second-order valence-electron chi connectivity index (χ2n) is 4.03. The second kappa shape index (κ2) is 6.31. The van der Waals surface area contributed by atoms with E-state index in [9.17, 15) is 0 Å². The van der Waals surface area contributed by atoms with Crippen molar-refractivity contribution in [3.05, 3.63) is 35.2 Å². The lowest BCUT2D eigenvalue weighted by Crippen LogP contribution is -2.18. The Morgan fingerprint density at radius 3 is 2.79 bits per heavy atom. The maximum atomic E-state index is 8.94. The highest BCUT2D eigenvalue weighted by molar-refractivity contribution is 6.30. The summed E-state index contributed by atoms with van der Waals surface area (Å²) in [5, 5.41) is 4.63. The molecule has 19 heavy (non-hydrogen) atoms. The average molecular weight is 281 g/mol. The van der Waals surface area contributed by atoms with Crippen molar-refractivity contribution in [2.24, 2.45) is 5.84 Å². The molecule has 1 aromatic heterocycles. The minimum Gasteiger partial charge on any atom is -0.339 e. The van der Waals surface area contributed by atoms with Crippen LogP contribution in [0.3, 0.4) is 0 Å². The van der Waals surface area contributed by atoms with E-state index in [1.807, 2.05) is 24.3 Å². The van der Waals surface area contributed by atoms with Crippen LogP contribution in [0.5, 0.6) is 0 Å². The van der Waals surface area contributed by atoms with Gasteiger partial charge in [0, 0.05) is 16.5 Å². The van der Waals surface area contributed by atoms with Gasteiger partial charge in [0.05, 0.1) is 0 Å². The van der Waals surface area contributed by atoms with E-state index in [1.165, 1.54) is 0 Å². The number of halogens is 1. The highest BCUT2D eigenvalue weighted by atomic mass is 35.5. The van der Waals surface area contributed by atoms with Crippen LogP contribution in [0, 0.1) is 0 Å². The molecular formula is C12H13ClN4O2. The van der Waals surface area contributed by atoms with Crippen molar-refractivity contribution in [2.45, 2.75) is 18.8 Å². The predicted molar refractivity (Wildman–Crippen MR) is 70.1 cm³/mol. The second-order valence-corrected chi connectivity index (χ2v) is 4.46. The Balaban J connectivity index is 0.000000297. The quantitative estimate of drug-likeness (QED) is 0.387. The summed E-state index contributed by atoms with van der Waals surface area (Å²) in [5.74, 6) is 6.28. The summed E-state index contributed by atoms with van der Waals surface area (Å²) in [5.41, 5.74) is 2.65. The third kappa shape index (κ3) is 3.77. The van der Waals surface area contributed by atoms with E-state index in [0.717, 1.165) is 24.3 Å². The predicted octanol–water partition coefficient (Wildman–Crippen LogP) is 1.87. The van der Waals surface area contributed by atoms with Crippen LogP contribution in [0.25, 0.3) is 11.4 Å². The molecule has 1 aliphatic rings. The van der Waals surface area contributed by atoms with Crippen molar-refractivity contribution in [2.75, 3.05) is 0 Å². The Morgan fingerprint density at radius 2 is 2.21 bits per heavy atom. The monoisotopic (exact) mass is 280 g/mol. The molecule has 0 spiro atoms. The maximum Gasteiger partial charge on any atom is 0.230 e. The van der Waals surface area contributed by atoms with Crippen LogP contribution in [0.15, 0.2) is 28.8 Å². The van der Waals surface area contributed by atoms with Gasteiger partial charge < -0.3 is 4.52 Å². The first-order chi connectivity index (χ1) is 9.24. The van der Waals surface area contributed by atoms with Gasteiger partial charge in [0.15, 0.2) is 0 Å². The molecule has 1 amide bonds. The molecule has 0 radical (unpaired) electrons. The highest BCUT2D eigenvalue weighted by Crippen LogP contribution is 2.39. The first kappa shape index (κ1) is 13.5. The summed E-state index contributed by atoms with van der Waals surface area (Å²) in [6.45, 7) is 0. The lowest BCUT2D eigenvalue weighted by Gasteiger charge is -1.93. The Labute approximate surface area is 114 Å². The van der Waals surface area contributed by atoms with Gasteiger partial charge in [-0.25, -0.2) is 5.84 Å². The van der Waals surface area contributed by atoms with Crippen molar-refractivity contribution in [1.82, 2.24) is 15.6 Å². The van der Waals surface area contributed by atoms with Crippen molar-refractivity contribution in [3.8, 4) is 11.4 Å². The van der Waals surface area contributed by atoms with E-state index in [-0.39, 0.29) is 0 Å². The molecule has 1 aliphatic carbocycles. The van der Waals surface area contributed by atoms with E-state index >= 15 is 0 Å². The van der Waals surface area contributed by atoms with E-state index in [2.05, 4.69) is 16.0 Å². The SMILES string of the molecule is Clc1cccc(-c2noc(C3CC3)n2)c1.NNC=O. The molecule has 1 aromatic carbocycles. The first-order valence-electron chi connectivity index (χ1n) is 5.74. The minimum atomic E-state index is 0.403. The Hall–Kier alpha value is -1.92. The van der Waals surface area contributed by atoms with E-state index in [1.54, 1.807) is 5.43 Å². The van der Waals surface area contributed by atoms with Gasteiger partial charge in [-0.15, -0.1) is 0 Å². The number of nitrogens with two attached hydrogens (primary N) is 1. The largest absolute Gasteiger partial charge is 0.339 e. The van der Waals surface area contributed by atoms with Crippen molar-refractivity contribution >= 4 is 18.0 Å². The van der Waals surface area contributed by atoms with E-state index < -0.39 is 0 Å². The zero-order valence-electron chi connectivity index (χ0n) is 10.0. The molecule has 6 nitrogen and oxygen atoms in total. The molecule has 0 atom stereocenters.